The molecule has 39 heavy (non-hydrogen) atoms. The van der Waals surface area contributed by atoms with E-state index in [-0.39, 0.29) is 17.3 Å². The molecule has 0 aliphatic heterocycles. The van der Waals surface area contributed by atoms with Gasteiger partial charge >= 0.3 is 0 Å². The standard InChI is InChI=1S/C31H30ClN3O3S/c1-22(2)26-14-10-24(11-15-26)20-33-34-31(36)27-16-12-25(13-17-27)21-35(30-19-28(32)18-9-23(30)3)39(37,38)29-7-5-4-6-8-29/h4-20,22H,21H2,1-3H3,(H,34,36)/b33-20-. The number of amides is 1. The molecule has 4 aromatic carbocycles. The monoisotopic (exact) mass is 559 g/mol. The molecule has 0 aliphatic carbocycles. The molecular formula is C31H30ClN3O3S. The zero-order valence-electron chi connectivity index (χ0n) is 22.0. The van der Waals surface area contributed by atoms with E-state index >= 15 is 0 Å². The molecule has 0 spiro atoms. The molecule has 0 unspecified atom stereocenters. The van der Waals surface area contributed by atoms with Crippen LogP contribution in [0.1, 0.15) is 52.4 Å². The number of rotatable bonds is 9. The summed E-state index contributed by atoms with van der Waals surface area (Å²) in [5.41, 5.74) is 7.03. The van der Waals surface area contributed by atoms with Crippen LogP contribution in [0.2, 0.25) is 5.02 Å². The summed E-state index contributed by atoms with van der Waals surface area (Å²) in [6, 6.07) is 28.2. The summed E-state index contributed by atoms with van der Waals surface area (Å²) in [5, 5.41) is 4.50. The van der Waals surface area contributed by atoms with E-state index in [1.54, 1.807) is 79.0 Å². The maximum atomic E-state index is 13.7. The normalized spacial score (nSPS) is 11.6. The molecule has 0 atom stereocenters. The average molecular weight is 560 g/mol. The predicted octanol–water partition coefficient (Wildman–Crippen LogP) is 6.93. The summed E-state index contributed by atoms with van der Waals surface area (Å²) in [5.74, 6) is 0.0785. The highest BCUT2D eigenvalue weighted by molar-refractivity contribution is 7.92. The first kappa shape index (κ1) is 28.1. The maximum Gasteiger partial charge on any atom is 0.271 e. The molecule has 4 aromatic rings. The van der Waals surface area contributed by atoms with Gasteiger partial charge in [0.05, 0.1) is 23.3 Å². The largest absolute Gasteiger partial charge is 0.271 e. The van der Waals surface area contributed by atoms with Crippen LogP contribution in [0.3, 0.4) is 0 Å². The average Bonchev–Trinajstić information content (AvgIpc) is 2.94. The molecular weight excluding hydrogens is 530 g/mol. The summed E-state index contributed by atoms with van der Waals surface area (Å²) < 4.78 is 28.7. The van der Waals surface area contributed by atoms with E-state index in [4.69, 9.17) is 11.6 Å². The highest BCUT2D eigenvalue weighted by Gasteiger charge is 2.26. The Morgan fingerprint density at radius 1 is 0.949 bits per heavy atom. The summed E-state index contributed by atoms with van der Waals surface area (Å²) in [4.78, 5) is 12.8. The quantitative estimate of drug-likeness (QED) is 0.178. The van der Waals surface area contributed by atoms with Crippen LogP contribution < -0.4 is 9.73 Å². The lowest BCUT2D eigenvalue weighted by atomic mass is 10.0. The minimum absolute atomic E-state index is 0.0604. The highest BCUT2D eigenvalue weighted by atomic mass is 35.5. The van der Waals surface area contributed by atoms with Crippen LogP contribution in [0.25, 0.3) is 0 Å². The van der Waals surface area contributed by atoms with Gasteiger partial charge in [-0.1, -0.05) is 86.1 Å². The topological polar surface area (TPSA) is 78.8 Å². The number of hydrogen-bond acceptors (Lipinski definition) is 4. The summed E-state index contributed by atoms with van der Waals surface area (Å²) in [7, 11) is -3.89. The van der Waals surface area contributed by atoms with E-state index in [1.165, 1.54) is 9.87 Å². The highest BCUT2D eigenvalue weighted by Crippen LogP contribution is 2.31. The second kappa shape index (κ2) is 12.3. The molecule has 200 valence electrons. The van der Waals surface area contributed by atoms with Gasteiger partial charge in [0.1, 0.15) is 0 Å². The first-order valence-electron chi connectivity index (χ1n) is 12.5. The molecule has 1 N–H and O–H groups in total. The van der Waals surface area contributed by atoms with Gasteiger partial charge in [-0.3, -0.25) is 9.10 Å². The third-order valence-electron chi connectivity index (χ3n) is 6.30. The summed E-state index contributed by atoms with van der Waals surface area (Å²) in [6.45, 7) is 6.16. The van der Waals surface area contributed by atoms with Gasteiger partial charge in [0.15, 0.2) is 0 Å². The third-order valence-corrected chi connectivity index (χ3v) is 8.31. The minimum Gasteiger partial charge on any atom is -0.267 e. The zero-order chi connectivity index (χ0) is 28.0. The fourth-order valence-corrected chi connectivity index (χ4v) is 5.69. The Labute approximate surface area is 235 Å². The molecule has 0 radical (unpaired) electrons. The molecule has 6 nitrogen and oxygen atoms in total. The number of sulfonamides is 1. The lowest BCUT2D eigenvalue weighted by Crippen LogP contribution is -2.31. The number of nitrogens with zero attached hydrogens (tertiary/aromatic N) is 2. The number of carbonyl (C=O) groups excluding carboxylic acids is 1. The minimum atomic E-state index is -3.89. The Hall–Kier alpha value is -3.94. The zero-order valence-corrected chi connectivity index (χ0v) is 23.6. The first-order chi connectivity index (χ1) is 18.6. The maximum absolute atomic E-state index is 13.7. The Bertz CT molecular complexity index is 1570. The fraction of sp³-hybridized carbons (Fsp3) is 0.161. The number of anilines is 1. The molecule has 0 aromatic heterocycles. The van der Waals surface area contributed by atoms with Gasteiger partial charge < -0.3 is 0 Å². The lowest BCUT2D eigenvalue weighted by Gasteiger charge is -2.26. The van der Waals surface area contributed by atoms with Crippen LogP contribution in [0, 0.1) is 6.92 Å². The molecule has 0 bridgehead atoms. The van der Waals surface area contributed by atoms with E-state index in [9.17, 15) is 13.2 Å². The van der Waals surface area contributed by atoms with Crippen molar-refractivity contribution in [3.63, 3.8) is 0 Å². The fourth-order valence-electron chi connectivity index (χ4n) is 3.99. The van der Waals surface area contributed by atoms with Gasteiger partial charge in [-0.25, -0.2) is 13.8 Å². The number of halogens is 1. The summed E-state index contributed by atoms with van der Waals surface area (Å²) >= 11 is 6.24. The lowest BCUT2D eigenvalue weighted by molar-refractivity contribution is 0.0955. The van der Waals surface area contributed by atoms with E-state index in [0.29, 0.717) is 27.8 Å². The smallest absolute Gasteiger partial charge is 0.267 e. The summed E-state index contributed by atoms with van der Waals surface area (Å²) in [6.07, 6.45) is 1.59. The van der Waals surface area contributed by atoms with Crippen LogP contribution in [0.4, 0.5) is 5.69 Å². The molecule has 0 heterocycles. The Balaban J connectivity index is 1.52. The molecule has 0 saturated carbocycles. The van der Waals surface area contributed by atoms with Crippen molar-refractivity contribution in [2.45, 2.75) is 38.1 Å². The van der Waals surface area contributed by atoms with Crippen LogP contribution >= 0.6 is 11.6 Å². The number of aryl methyl sites for hydroxylation is 1. The van der Waals surface area contributed by atoms with Crippen molar-refractivity contribution in [2.75, 3.05) is 4.31 Å². The van der Waals surface area contributed by atoms with Gasteiger partial charge in [-0.15, -0.1) is 0 Å². The molecule has 0 fully saturated rings. The predicted molar refractivity (Wildman–Crippen MR) is 158 cm³/mol. The number of hydrazone groups is 1. The van der Waals surface area contributed by atoms with Gasteiger partial charge in [-0.2, -0.15) is 5.10 Å². The van der Waals surface area contributed by atoms with Gasteiger partial charge in [0, 0.05) is 10.6 Å². The third kappa shape index (κ3) is 6.93. The van der Waals surface area contributed by atoms with Crippen molar-refractivity contribution in [2.24, 2.45) is 5.10 Å². The molecule has 1 amide bonds. The van der Waals surface area contributed by atoms with Crippen molar-refractivity contribution in [3.05, 3.63) is 130 Å². The van der Waals surface area contributed by atoms with Gasteiger partial charge in [-0.05, 0) is 71.5 Å². The van der Waals surface area contributed by atoms with E-state index in [1.807, 2.05) is 31.2 Å². The van der Waals surface area contributed by atoms with E-state index in [2.05, 4.69) is 24.4 Å². The number of carbonyl (C=O) groups is 1. The van der Waals surface area contributed by atoms with E-state index in [0.717, 1.165) is 11.1 Å². The number of benzene rings is 4. The van der Waals surface area contributed by atoms with Crippen LogP contribution in [0.15, 0.2) is 107 Å². The van der Waals surface area contributed by atoms with Crippen LogP contribution in [-0.4, -0.2) is 20.5 Å². The van der Waals surface area contributed by atoms with Crippen molar-refractivity contribution >= 4 is 39.4 Å². The Morgan fingerprint density at radius 3 is 2.26 bits per heavy atom. The van der Waals surface area contributed by atoms with Crippen LogP contribution in [-0.2, 0) is 16.6 Å². The number of nitrogens with one attached hydrogen (secondary N) is 1. The second-order valence-electron chi connectivity index (χ2n) is 9.47. The van der Waals surface area contributed by atoms with E-state index < -0.39 is 10.0 Å². The SMILES string of the molecule is Cc1ccc(Cl)cc1N(Cc1ccc(C(=O)N/N=C\c2ccc(C(C)C)cc2)cc1)S(=O)(=O)c1ccccc1. The second-order valence-corrected chi connectivity index (χ2v) is 11.8. The van der Waals surface area contributed by atoms with Crippen molar-refractivity contribution in [3.8, 4) is 0 Å². The molecule has 8 heteroatoms. The van der Waals surface area contributed by atoms with Crippen molar-refractivity contribution in [1.82, 2.24) is 5.43 Å². The Kier molecular flexibility index (Phi) is 8.84. The van der Waals surface area contributed by atoms with Crippen LogP contribution in [0.5, 0.6) is 0 Å². The first-order valence-corrected chi connectivity index (χ1v) is 14.3. The van der Waals surface area contributed by atoms with Crippen molar-refractivity contribution in [1.29, 1.82) is 0 Å². The van der Waals surface area contributed by atoms with Gasteiger partial charge in [0.25, 0.3) is 15.9 Å². The molecule has 0 aliphatic rings. The molecule has 0 saturated heterocycles. The molecule has 4 rings (SSSR count). The van der Waals surface area contributed by atoms with Gasteiger partial charge in [0.2, 0.25) is 0 Å². The Morgan fingerprint density at radius 2 is 1.62 bits per heavy atom. The van der Waals surface area contributed by atoms with Crippen molar-refractivity contribution < 1.29 is 13.2 Å². The number of hydrogen-bond donors (Lipinski definition) is 1.